The molecule has 1 aromatic rings. The van der Waals surface area contributed by atoms with Crippen molar-refractivity contribution in [3.8, 4) is 11.5 Å². The van der Waals surface area contributed by atoms with Gasteiger partial charge < -0.3 is 15.3 Å². The summed E-state index contributed by atoms with van der Waals surface area (Å²) in [5.41, 5.74) is -1.49. The molecule has 20 heavy (non-hydrogen) atoms. The van der Waals surface area contributed by atoms with E-state index in [9.17, 15) is 28.2 Å². The molecule has 0 aliphatic heterocycles. The molecule has 3 N–H and O–H groups in total. The van der Waals surface area contributed by atoms with Gasteiger partial charge in [-0.1, -0.05) is 0 Å². The summed E-state index contributed by atoms with van der Waals surface area (Å²) in [6, 6.07) is 1.44. The molecule has 1 saturated carbocycles. The van der Waals surface area contributed by atoms with E-state index in [1.807, 2.05) is 0 Å². The molecule has 0 spiro atoms. The molecule has 1 aromatic carbocycles. The highest BCUT2D eigenvalue weighted by Crippen LogP contribution is 2.50. The number of aromatic hydroxyl groups is 2. The molecule has 1 unspecified atom stereocenters. The number of rotatable bonds is 4. The Morgan fingerprint density at radius 3 is 2.35 bits per heavy atom. The fraction of sp³-hybridized carbons (Fsp3) is 0.462. The molecule has 0 aromatic heterocycles. The molecule has 0 heterocycles. The van der Waals surface area contributed by atoms with Crippen LogP contribution in [0, 0.1) is 5.92 Å². The van der Waals surface area contributed by atoms with E-state index >= 15 is 0 Å². The first-order chi connectivity index (χ1) is 9.20. The quantitative estimate of drug-likeness (QED) is 0.745. The normalized spacial score (nSPS) is 16.9. The van der Waals surface area contributed by atoms with Gasteiger partial charge in [-0.3, -0.25) is 4.79 Å². The van der Waals surface area contributed by atoms with Gasteiger partial charge in [0.15, 0.2) is 0 Å². The van der Waals surface area contributed by atoms with Crippen LogP contribution in [0.3, 0.4) is 0 Å². The molecule has 1 aliphatic carbocycles. The number of carbonyl (C=O) groups is 1. The highest BCUT2D eigenvalue weighted by atomic mass is 19.4. The zero-order valence-corrected chi connectivity index (χ0v) is 10.3. The lowest BCUT2D eigenvalue weighted by atomic mass is 9.88. The van der Waals surface area contributed by atoms with Crippen molar-refractivity contribution in [2.75, 3.05) is 0 Å². The summed E-state index contributed by atoms with van der Waals surface area (Å²) in [5.74, 6) is -3.58. The highest BCUT2D eigenvalue weighted by Gasteiger charge is 2.40. The first-order valence-corrected chi connectivity index (χ1v) is 6.05. The number of aliphatic carboxylic acids is 1. The third kappa shape index (κ3) is 2.97. The van der Waals surface area contributed by atoms with E-state index in [0.29, 0.717) is 18.9 Å². The van der Waals surface area contributed by atoms with Gasteiger partial charge >= 0.3 is 12.1 Å². The Balaban J connectivity index is 2.49. The fourth-order valence-corrected chi connectivity index (χ4v) is 2.36. The third-order valence-electron chi connectivity index (χ3n) is 3.41. The first kappa shape index (κ1) is 14.5. The van der Waals surface area contributed by atoms with Crippen molar-refractivity contribution in [2.45, 2.75) is 31.4 Å². The van der Waals surface area contributed by atoms with E-state index in [0.717, 1.165) is 6.07 Å². The predicted octanol–water partition coefficient (Wildman–Crippen LogP) is 3.08. The number of benzene rings is 1. The van der Waals surface area contributed by atoms with Crippen molar-refractivity contribution in [3.05, 3.63) is 23.3 Å². The zero-order valence-electron chi connectivity index (χ0n) is 10.3. The second kappa shape index (κ2) is 4.88. The van der Waals surface area contributed by atoms with Gasteiger partial charge in [-0.15, -0.1) is 0 Å². The summed E-state index contributed by atoms with van der Waals surface area (Å²) < 4.78 is 38.3. The van der Waals surface area contributed by atoms with Gasteiger partial charge in [0, 0.05) is 11.5 Å². The van der Waals surface area contributed by atoms with E-state index in [-0.39, 0.29) is 17.9 Å². The monoisotopic (exact) mass is 290 g/mol. The molecule has 0 amide bonds. The number of halogens is 3. The molecule has 1 atom stereocenters. The minimum atomic E-state index is -4.81. The summed E-state index contributed by atoms with van der Waals surface area (Å²) in [6.07, 6.45) is -3.78. The first-order valence-electron chi connectivity index (χ1n) is 6.05. The number of carboxylic acid groups (broad SMARTS) is 1. The number of carboxylic acids is 1. The Morgan fingerprint density at radius 1 is 1.30 bits per heavy atom. The van der Waals surface area contributed by atoms with Crippen molar-refractivity contribution in [2.24, 2.45) is 5.92 Å². The predicted molar refractivity (Wildman–Crippen MR) is 62.5 cm³/mol. The van der Waals surface area contributed by atoms with Crippen LogP contribution < -0.4 is 0 Å². The summed E-state index contributed by atoms with van der Waals surface area (Å²) >= 11 is 0. The van der Waals surface area contributed by atoms with Gasteiger partial charge in [0.25, 0.3) is 0 Å². The SMILES string of the molecule is O=C(O)CC(c1cc(O)cc(C(F)(F)F)c1O)C1CC1. The maximum Gasteiger partial charge on any atom is 0.420 e. The van der Waals surface area contributed by atoms with Crippen molar-refractivity contribution in [3.63, 3.8) is 0 Å². The average molecular weight is 290 g/mol. The van der Waals surface area contributed by atoms with Gasteiger partial charge in [0.1, 0.15) is 17.1 Å². The molecule has 0 bridgehead atoms. The van der Waals surface area contributed by atoms with Crippen LogP contribution in [0.5, 0.6) is 11.5 Å². The van der Waals surface area contributed by atoms with E-state index in [2.05, 4.69) is 0 Å². The maximum atomic E-state index is 12.8. The van der Waals surface area contributed by atoms with Gasteiger partial charge in [-0.25, -0.2) is 0 Å². The maximum absolute atomic E-state index is 12.8. The number of hydrogen-bond acceptors (Lipinski definition) is 3. The number of phenolic OH excluding ortho intramolecular Hbond substituents is 2. The molecule has 1 fully saturated rings. The largest absolute Gasteiger partial charge is 0.508 e. The van der Waals surface area contributed by atoms with Crippen molar-refractivity contribution in [1.29, 1.82) is 0 Å². The van der Waals surface area contributed by atoms with Gasteiger partial charge in [0.05, 0.1) is 6.42 Å². The molecule has 1 aliphatic rings. The Hall–Kier alpha value is -1.92. The molecule has 110 valence electrons. The van der Waals surface area contributed by atoms with Crippen molar-refractivity contribution < 1.29 is 33.3 Å². The molecule has 0 saturated heterocycles. The summed E-state index contributed by atoms with van der Waals surface area (Å²) in [5, 5.41) is 28.0. The summed E-state index contributed by atoms with van der Waals surface area (Å²) in [7, 11) is 0. The van der Waals surface area contributed by atoms with Crippen LogP contribution in [-0.4, -0.2) is 21.3 Å². The number of hydrogen-bond donors (Lipinski definition) is 3. The molecule has 2 rings (SSSR count). The van der Waals surface area contributed by atoms with E-state index in [1.54, 1.807) is 0 Å². The van der Waals surface area contributed by atoms with Gasteiger partial charge in [-0.05, 0) is 30.9 Å². The third-order valence-corrected chi connectivity index (χ3v) is 3.41. The van der Waals surface area contributed by atoms with Crippen molar-refractivity contribution in [1.82, 2.24) is 0 Å². The van der Waals surface area contributed by atoms with Crippen LogP contribution in [0.1, 0.15) is 36.3 Å². The smallest absolute Gasteiger partial charge is 0.420 e. The number of phenols is 2. The second-order valence-corrected chi connectivity index (χ2v) is 4.97. The molecule has 4 nitrogen and oxygen atoms in total. The molecular formula is C13H13F3O4. The molecule has 0 radical (unpaired) electrons. The average Bonchev–Trinajstić information content (AvgIpc) is 3.11. The summed E-state index contributed by atoms with van der Waals surface area (Å²) in [4.78, 5) is 10.8. The Morgan fingerprint density at radius 2 is 1.90 bits per heavy atom. The van der Waals surface area contributed by atoms with Crippen LogP contribution >= 0.6 is 0 Å². The topological polar surface area (TPSA) is 77.8 Å². The molecule has 7 heteroatoms. The standard InChI is InChI=1S/C13H13F3O4/c14-13(15,16)10-4-7(17)3-9(12(10)20)8(5-11(18)19)6-1-2-6/h3-4,6,8,17,20H,1-2,5H2,(H,18,19). The Bertz CT molecular complexity index is 535. The van der Waals surface area contributed by atoms with Gasteiger partial charge in [0.2, 0.25) is 0 Å². The lowest BCUT2D eigenvalue weighted by molar-refractivity contribution is -0.139. The van der Waals surface area contributed by atoms with Crippen LogP contribution in [0.25, 0.3) is 0 Å². The minimum Gasteiger partial charge on any atom is -0.508 e. The molecular weight excluding hydrogens is 277 g/mol. The minimum absolute atomic E-state index is 0.0696. The lowest BCUT2D eigenvalue weighted by Gasteiger charge is -2.19. The zero-order chi connectivity index (χ0) is 15.1. The Kier molecular flexibility index (Phi) is 3.54. The van der Waals surface area contributed by atoms with Crippen LogP contribution in [0.15, 0.2) is 12.1 Å². The van der Waals surface area contributed by atoms with E-state index in [4.69, 9.17) is 5.11 Å². The van der Waals surface area contributed by atoms with E-state index < -0.39 is 35.1 Å². The van der Waals surface area contributed by atoms with Crippen LogP contribution in [0.2, 0.25) is 0 Å². The second-order valence-electron chi connectivity index (χ2n) is 4.97. The fourth-order valence-electron chi connectivity index (χ4n) is 2.36. The van der Waals surface area contributed by atoms with E-state index in [1.165, 1.54) is 0 Å². The van der Waals surface area contributed by atoms with Crippen molar-refractivity contribution >= 4 is 5.97 Å². The number of alkyl halides is 3. The van der Waals surface area contributed by atoms with Crippen LogP contribution in [-0.2, 0) is 11.0 Å². The lowest BCUT2D eigenvalue weighted by Crippen LogP contribution is -2.12. The van der Waals surface area contributed by atoms with Gasteiger partial charge in [-0.2, -0.15) is 13.2 Å². The Labute approximate surface area is 112 Å². The van der Waals surface area contributed by atoms with Crippen LogP contribution in [0.4, 0.5) is 13.2 Å². The highest BCUT2D eigenvalue weighted by molar-refractivity contribution is 5.69. The summed E-state index contributed by atoms with van der Waals surface area (Å²) in [6.45, 7) is 0.